The zero-order chi connectivity index (χ0) is 14.8. The molecule has 0 radical (unpaired) electrons. The topological polar surface area (TPSA) is 78.3 Å². The Bertz CT molecular complexity index is 472. The molecule has 0 spiro atoms. The van der Waals surface area contributed by atoms with Crippen molar-refractivity contribution in [2.45, 2.75) is 38.3 Å². The first kappa shape index (κ1) is 14.9. The molecule has 0 aliphatic carbocycles. The van der Waals surface area contributed by atoms with Crippen molar-refractivity contribution in [1.82, 2.24) is 20.1 Å². The number of rotatable bonds is 4. The maximum atomic E-state index is 12.1. The van der Waals surface area contributed by atoms with Crippen molar-refractivity contribution < 1.29 is 14.3 Å². The second kappa shape index (κ2) is 5.49. The molecule has 1 N–H and O–H groups in total. The van der Waals surface area contributed by atoms with E-state index in [1.165, 1.54) is 0 Å². The maximum absolute atomic E-state index is 12.1. The Hall–Kier alpha value is -1.47. The molecule has 1 aliphatic rings. The molecule has 1 aromatic rings. The lowest BCUT2D eigenvalue weighted by Gasteiger charge is -2.25. The van der Waals surface area contributed by atoms with Gasteiger partial charge in [0.25, 0.3) is 5.91 Å². The van der Waals surface area contributed by atoms with E-state index >= 15 is 0 Å². The van der Waals surface area contributed by atoms with Gasteiger partial charge in [-0.15, -0.1) is 5.10 Å². The highest BCUT2D eigenvalue weighted by Crippen LogP contribution is 2.21. The molecule has 2 rings (SSSR count). The predicted molar refractivity (Wildman–Crippen MR) is 72.5 cm³/mol. The first-order valence-electron chi connectivity index (χ1n) is 6.70. The number of hydrogen-bond acceptors (Lipinski definition) is 5. The quantitative estimate of drug-likeness (QED) is 0.873. The molecule has 1 aromatic heterocycles. The largest absolute Gasteiger partial charge is 0.378 e. The summed E-state index contributed by atoms with van der Waals surface area (Å²) in [6.45, 7) is 7.54. The molecule has 1 saturated heterocycles. The van der Waals surface area contributed by atoms with Crippen molar-refractivity contribution in [2.24, 2.45) is 0 Å². The molecule has 0 aromatic carbocycles. The molecule has 0 saturated carbocycles. The van der Waals surface area contributed by atoms with Gasteiger partial charge in [-0.3, -0.25) is 4.79 Å². The molecule has 1 amide bonds. The molecule has 1 unspecified atom stereocenters. The van der Waals surface area contributed by atoms with Crippen molar-refractivity contribution in [3.8, 4) is 0 Å². The number of carbonyl (C=O) groups excluding carboxylic acids is 1. The van der Waals surface area contributed by atoms with Gasteiger partial charge in [0.15, 0.2) is 0 Å². The average Bonchev–Trinajstić information content (AvgIpc) is 3.05. The Morgan fingerprint density at radius 2 is 2.35 bits per heavy atom. The summed E-state index contributed by atoms with van der Waals surface area (Å²) in [6.07, 6.45) is 2.34. The first-order valence-corrected chi connectivity index (χ1v) is 6.70. The third kappa shape index (κ3) is 3.16. The zero-order valence-corrected chi connectivity index (χ0v) is 12.5. The fourth-order valence-corrected chi connectivity index (χ4v) is 1.97. The van der Waals surface area contributed by atoms with Crippen LogP contribution < -0.4 is 5.32 Å². The molecule has 2 heterocycles. The van der Waals surface area contributed by atoms with Gasteiger partial charge in [-0.05, 0) is 20.8 Å². The Morgan fingerprint density at radius 1 is 1.60 bits per heavy atom. The van der Waals surface area contributed by atoms with Gasteiger partial charge in [-0.25, -0.2) is 9.67 Å². The molecule has 7 nitrogen and oxygen atoms in total. The van der Waals surface area contributed by atoms with Crippen molar-refractivity contribution in [2.75, 3.05) is 26.9 Å². The van der Waals surface area contributed by atoms with Crippen molar-refractivity contribution in [3.05, 3.63) is 12.2 Å². The smallest absolute Gasteiger partial charge is 0.291 e. The van der Waals surface area contributed by atoms with Crippen LogP contribution in [0.15, 0.2) is 6.33 Å². The molecule has 7 heteroatoms. The molecular weight excluding hydrogens is 260 g/mol. The van der Waals surface area contributed by atoms with E-state index in [2.05, 4.69) is 15.4 Å². The zero-order valence-electron chi connectivity index (χ0n) is 12.5. The minimum atomic E-state index is -0.428. The van der Waals surface area contributed by atoms with Crippen LogP contribution in [0.2, 0.25) is 0 Å². The Balaban J connectivity index is 1.97. The van der Waals surface area contributed by atoms with Crippen LogP contribution in [0.5, 0.6) is 0 Å². The van der Waals surface area contributed by atoms with Crippen LogP contribution >= 0.6 is 0 Å². The SMILES string of the molecule is COC1(CNC(=O)c2ncn(C(C)(C)C)n2)CCOC1. The van der Waals surface area contributed by atoms with Crippen LogP contribution in [0.1, 0.15) is 37.8 Å². The predicted octanol–water partition coefficient (Wildman–Crippen LogP) is 0.568. The lowest BCUT2D eigenvalue weighted by Crippen LogP contribution is -2.45. The van der Waals surface area contributed by atoms with Gasteiger partial charge in [-0.1, -0.05) is 0 Å². The fraction of sp³-hybridized carbons (Fsp3) is 0.769. The molecule has 112 valence electrons. The van der Waals surface area contributed by atoms with E-state index < -0.39 is 5.60 Å². The normalized spacial score (nSPS) is 23.0. The van der Waals surface area contributed by atoms with E-state index in [0.29, 0.717) is 19.8 Å². The number of amides is 1. The summed E-state index contributed by atoms with van der Waals surface area (Å²) in [6, 6.07) is 0. The van der Waals surface area contributed by atoms with Gasteiger partial charge >= 0.3 is 0 Å². The second-order valence-electron chi connectivity index (χ2n) is 6.06. The van der Waals surface area contributed by atoms with E-state index in [0.717, 1.165) is 6.42 Å². The highest BCUT2D eigenvalue weighted by atomic mass is 16.5. The van der Waals surface area contributed by atoms with Crippen molar-refractivity contribution in [1.29, 1.82) is 0 Å². The summed E-state index contributed by atoms with van der Waals surface area (Å²) in [5, 5.41) is 7.01. The van der Waals surface area contributed by atoms with Crippen molar-refractivity contribution >= 4 is 5.91 Å². The summed E-state index contributed by atoms with van der Waals surface area (Å²) in [4.78, 5) is 16.1. The van der Waals surface area contributed by atoms with Crippen LogP contribution in [0.25, 0.3) is 0 Å². The monoisotopic (exact) mass is 282 g/mol. The van der Waals surface area contributed by atoms with E-state index in [1.807, 2.05) is 20.8 Å². The second-order valence-corrected chi connectivity index (χ2v) is 6.06. The van der Waals surface area contributed by atoms with Gasteiger partial charge in [0, 0.05) is 26.7 Å². The van der Waals surface area contributed by atoms with Crippen molar-refractivity contribution in [3.63, 3.8) is 0 Å². The number of carbonyl (C=O) groups is 1. The van der Waals surface area contributed by atoms with E-state index in [-0.39, 0.29) is 17.3 Å². The molecular formula is C13H22N4O3. The number of aromatic nitrogens is 3. The van der Waals surface area contributed by atoms with E-state index in [1.54, 1.807) is 18.1 Å². The lowest BCUT2D eigenvalue weighted by molar-refractivity contribution is -0.0149. The third-order valence-electron chi connectivity index (χ3n) is 3.45. The van der Waals surface area contributed by atoms with E-state index in [4.69, 9.17) is 9.47 Å². The highest BCUT2D eigenvalue weighted by molar-refractivity contribution is 5.90. The summed E-state index contributed by atoms with van der Waals surface area (Å²) in [5.74, 6) is -0.124. The maximum Gasteiger partial charge on any atom is 0.291 e. The minimum absolute atomic E-state index is 0.171. The van der Waals surface area contributed by atoms with Gasteiger partial charge in [-0.2, -0.15) is 0 Å². The number of nitrogens with zero attached hydrogens (tertiary/aromatic N) is 3. The number of nitrogens with one attached hydrogen (secondary N) is 1. The number of methoxy groups -OCH3 is 1. The summed E-state index contributed by atoms with van der Waals surface area (Å²) < 4.78 is 12.5. The minimum Gasteiger partial charge on any atom is -0.378 e. The lowest BCUT2D eigenvalue weighted by atomic mass is 10.0. The van der Waals surface area contributed by atoms with Gasteiger partial charge in [0.1, 0.15) is 11.9 Å². The van der Waals surface area contributed by atoms with Crippen LogP contribution in [0, 0.1) is 0 Å². The fourth-order valence-electron chi connectivity index (χ4n) is 1.97. The van der Waals surface area contributed by atoms with Gasteiger partial charge in [0.05, 0.1) is 12.1 Å². The summed E-state index contributed by atoms with van der Waals surface area (Å²) in [7, 11) is 1.63. The molecule has 1 atom stereocenters. The molecule has 1 aliphatic heterocycles. The Morgan fingerprint density at radius 3 is 2.85 bits per heavy atom. The number of hydrogen-bond donors (Lipinski definition) is 1. The van der Waals surface area contributed by atoms with Crippen LogP contribution in [-0.4, -0.2) is 53.1 Å². The van der Waals surface area contributed by atoms with Gasteiger partial charge in [0.2, 0.25) is 5.82 Å². The standard InChI is InChI=1S/C13H22N4O3/c1-12(2,3)17-9-15-10(16-17)11(18)14-7-13(19-4)5-6-20-8-13/h9H,5-8H2,1-4H3,(H,14,18). The van der Waals surface area contributed by atoms with Crippen LogP contribution in [0.3, 0.4) is 0 Å². The average molecular weight is 282 g/mol. The number of ether oxygens (including phenoxy) is 2. The highest BCUT2D eigenvalue weighted by Gasteiger charge is 2.35. The third-order valence-corrected chi connectivity index (χ3v) is 3.45. The molecule has 0 bridgehead atoms. The summed E-state index contributed by atoms with van der Waals surface area (Å²) >= 11 is 0. The van der Waals surface area contributed by atoms with E-state index in [9.17, 15) is 4.79 Å². The Kier molecular flexibility index (Phi) is 4.10. The Labute approximate surface area is 118 Å². The van der Waals surface area contributed by atoms with Crippen LogP contribution in [-0.2, 0) is 15.0 Å². The molecule has 20 heavy (non-hydrogen) atoms. The van der Waals surface area contributed by atoms with Gasteiger partial charge < -0.3 is 14.8 Å². The van der Waals surface area contributed by atoms with Crippen LogP contribution in [0.4, 0.5) is 0 Å². The molecule has 1 fully saturated rings. The first-order chi connectivity index (χ1) is 9.36. The summed E-state index contributed by atoms with van der Waals surface area (Å²) in [5.41, 5.74) is -0.624.